The summed E-state index contributed by atoms with van der Waals surface area (Å²) in [6.45, 7) is 2.99. The van der Waals surface area contributed by atoms with E-state index < -0.39 is 11.6 Å². The van der Waals surface area contributed by atoms with Gasteiger partial charge >= 0.3 is 0 Å². The number of hydrogen-bond acceptors (Lipinski definition) is 5. The van der Waals surface area contributed by atoms with Gasteiger partial charge in [-0.3, -0.25) is 9.59 Å². The number of rotatable bonds is 3. The Bertz CT molecular complexity index is 438. The molecule has 3 fully saturated rings. The van der Waals surface area contributed by atoms with Gasteiger partial charge in [-0.15, -0.1) is 11.8 Å². The zero-order valence-electron chi connectivity index (χ0n) is 11.6. The quantitative estimate of drug-likeness (QED) is 0.749. The summed E-state index contributed by atoms with van der Waals surface area (Å²) in [5, 5.41) is 12.9. The Hall–Kier alpha value is -0.790. The third-order valence-corrected chi connectivity index (χ3v) is 5.93. The van der Waals surface area contributed by atoms with Crippen molar-refractivity contribution in [3.63, 3.8) is 0 Å². The molecule has 0 spiro atoms. The van der Waals surface area contributed by atoms with Crippen LogP contribution in [0.2, 0.25) is 0 Å². The number of thioether (sulfide) groups is 1. The van der Waals surface area contributed by atoms with Crippen LogP contribution in [0.4, 0.5) is 0 Å². The molecular weight excluding hydrogens is 280 g/mol. The van der Waals surface area contributed by atoms with E-state index in [4.69, 9.17) is 4.74 Å². The van der Waals surface area contributed by atoms with Crippen LogP contribution in [0.25, 0.3) is 0 Å². The molecule has 112 valence electrons. The lowest BCUT2D eigenvalue weighted by atomic mass is 10.0. The normalized spacial score (nSPS) is 40.2. The van der Waals surface area contributed by atoms with Gasteiger partial charge in [0.25, 0.3) is 0 Å². The van der Waals surface area contributed by atoms with Gasteiger partial charge in [0, 0.05) is 31.7 Å². The van der Waals surface area contributed by atoms with Crippen molar-refractivity contribution in [1.82, 2.24) is 10.2 Å². The highest BCUT2D eigenvalue weighted by atomic mass is 32.2. The van der Waals surface area contributed by atoms with E-state index in [0.717, 1.165) is 6.42 Å². The largest absolute Gasteiger partial charge is 0.386 e. The van der Waals surface area contributed by atoms with Crippen molar-refractivity contribution in [1.29, 1.82) is 0 Å². The molecule has 3 saturated heterocycles. The number of ether oxygens (including phenoxy) is 1. The molecule has 7 heteroatoms. The third-order valence-electron chi connectivity index (χ3n) is 4.42. The van der Waals surface area contributed by atoms with Crippen molar-refractivity contribution >= 4 is 23.6 Å². The van der Waals surface area contributed by atoms with E-state index in [9.17, 15) is 14.7 Å². The Kier molecular flexibility index (Phi) is 3.46. The van der Waals surface area contributed by atoms with Crippen LogP contribution in [0, 0.1) is 0 Å². The summed E-state index contributed by atoms with van der Waals surface area (Å²) in [5.41, 5.74) is -0.959. The predicted octanol–water partition coefficient (Wildman–Crippen LogP) is -0.292. The van der Waals surface area contributed by atoms with Crippen molar-refractivity contribution in [2.45, 2.75) is 42.7 Å². The molecule has 20 heavy (non-hydrogen) atoms. The first-order valence-electron chi connectivity index (χ1n) is 6.98. The van der Waals surface area contributed by atoms with Crippen LogP contribution in [0.5, 0.6) is 0 Å². The minimum atomic E-state index is -0.959. The minimum Gasteiger partial charge on any atom is -0.386 e. The molecule has 3 rings (SSSR count). The highest BCUT2D eigenvalue weighted by Gasteiger charge is 2.53. The second-order valence-electron chi connectivity index (χ2n) is 6.01. The zero-order chi connectivity index (χ0) is 14.4. The summed E-state index contributed by atoms with van der Waals surface area (Å²) in [7, 11) is 0. The number of carbonyl (C=O) groups is 2. The van der Waals surface area contributed by atoms with Crippen LogP contribution in [0.1, 0.15) is 26.2 Å². The van der Waals surface area contributed by atoms with Gasteiger partial charge in [0.05, 0.1) is 11.5 Å². The molecule has 0 saturated carbocycles. The summed E-state index contributed by atoms with van der Waals surface area (Å²) in [5.74, 6) is 0.514. The molecule has 0 radical (unpaired) electrons. The van der Waals surface area contributed by atoms with Crippen molar-refractivity contribution in [3.05, 3.63) is 0 Å². The van der Waals surface area contributed by atoms with Crippen molar-refractivity contribution in [3.8, 4) is 0 Å². The number of aliphatic hydroxyl groups is 1. The van der Waals surface area contributed by atoms with Gasteiger partial charge in [-0.25, -0.2) is 0 Å². The van der Waals surface area contributed by atoms with E-state index in [2.05, 4.69) is 5.32 Å². The van der Waals surface area contributed by atoms with Gasteiger partial charge in [-0.1, -0.05) is 0 Å². The standard InChI is InChI=1S/C13H20N2O4S/c1-12-3-2-10(16)15(12)9(6-20-12)11(17)14-7-13(18)4-5-19-8-13/h9,18H,2-8H2,1H3,(H,14,17). The molecule has 3 heterocycles. The number of hydrogen-bond donors (Lipinski definition) is 2. The average Bonchev–Trinajstić information content (AvgIpc) is 3.05. The van der Waals surface area contributed by atoms with Crippen LogP contribution < -0.4 is 5.32 Å². The fraction of sp³-hybridized carbons (Fsp3) is 0.846. The predicted molar refractivity (Wildman–Crippen MR) is 74.1 cm³/mol. The maximum atomic E-state index is 12.3. The molecule has 0 aromatic rings. The summed E-state index contributed by atoms with van der Waals surface area (Å²) in [4.78, 5) is 25.8. The van der Waals surface area contributed by atoms with Gasteiger partial charge in [0.2, 0.25) is 11.8 Å². The first-order valence-corrected chi connectivity index (χ1v) is 7.96. The maximum absolute atomic E-state index is 12.3. The zero-order valence-corrected chi connectivity index (χ0v) is 12.4. The lowest BCUT2D eigenvalue weighted by molar-refractivity contribution is -0.138. The Morgan fingerprint density at radius 3 is 3.10 bits per heavy atom. The van der Waals surface area contributed by atoms with Crippen LogP contribution in [0.15, 0.2) is 0 Å². The van der Waals surface area contributed by atoms with Crippen LogP contribution >= 0.6 is 11.8 Å². The van der Waals surface area contributed by atoms with Crippen LogP contribution in [-0.4, -0.2) is 63.8 Å². The fourth-order valence-electron chi connectivity index (χ4n) is 3.12. The second-order valence-corrected chi connectivity index (χ2v) is 7.51. The van der Waals surface area contributed by atoms with E-state index in [-0.39, 0.29) is 29.8 Å². The molecule has 2 N–H and O–H groups in total. The molecule has 3 atom stereocenters. The minimum absolute atomic E-state index is 0.0561. The highest BCUT2D eigenvalue weighted by Crippen LogP contribution is 2.47. The molecule has 0 aromatic carbocycles. The van der Waals surface area contributed by atoms with E-state index in [1.165, 1.54) is 0 Å². The first-order chi connectivity index (χ1) is 9.44. The van der Waals surface area contributed by atoms with Gasteiger partial charge in [-0.2, -0.15) is 0 Å². The number of amides is 2. The first kappa shape index (κ1) is 14.2. The van der Waals surface area contributed by atoms with Crippen LogP contribution in [0.3, 0.4) is 0 Å². The Balaban J connectivity index is 1.62. The van der Waals surface area contributed by atoms with E-state index >= 15 is 0 Å². The van der Waals surface area contributed by atoms with E-state index in [1.807, 2.05) is 6.92 Å². The Labute approximate surface area is 122 Å². The summed E-state index contributed by atoms with van der Waals surface area (Å²) in [6.07, 6.45) is 1.86. The van der Waals surface area contributed by atoms with Gasteiger partial charge in [0.15, 0.2) is 0 Å². The molecule has 0 aliphatic carbocycles. The SMILES string of the molecule is CC12CCC(=O)N1C(C(=O)NCC1(O)CCOC1)CS2. The number of nitrogens with one attached hydrogen (secondary N) is 1. The average molecular weight is 300 g/mol. The molecule has 6 nitrogen and oxygen atoms in total. The van der Waals surface area contributed by atoms with Gasteiger partial charge in [0.1, 0.15) is 11.6 Å². The lowest BCUT2D eigenvalue weighted by Crippen LogP contribution is -2.53. The molecular formula is C13H20N2O4S. The topological polar surface area (TPSA) is 78.9 Å². The van der Waals surface area contributed by atoms with Gasteiger partial charge < -0.3 is 20.1 Å². The molecule has 3 unspecified atom stereocenters. The lowest BCUT2D eigenvalue weighted by Gasteiger charge is -2.30. The monoisotopic (exact) mass is 300 g/mol. The number of nitrogens with zero attached hydrogens (tertiary/aromatic N) is 1. The number of fused-ring (bicyclic) bond motifs is 1. The summed E-state index contributed by atoms with van der Waals surface area (Å²) < 4.78 is 5.15. The Morgan fingerprint density at radius 1 is 1.60 bits per heavy atom. The second kappa shape index (κ2) is 4.89. The third kappa shape index (κ3) is 2.31. The molecule has 3 aliphatic heterocycles. The van der Waals surface area contributed by atoms with Crippen molar-refractivity contribution in [2.75, 3.05) is 25.5 Å². The molecule has 2 amide bonds. The Morgan fingerprint density at radius 2 is 2.40 bits per heavy atom. The molecule has 0 aromatic heterocycles. The van der Waals surface area contributed by atoms with E-state index in [1.54, 1.807) is 16.7 Å². The van der Waals surface area contributed by atoms with Crippen LogP contribution in [-0.2, 0) is 14.3 Å². The van der Waals surface area contributed by atoms with E-state index in [0.29, 0.717) is 25.2 Å². The molecule has 3 aliphatic rings. The summed E-state index contributed by atoms with van der Waals surface area (Å²) >= 11 is 1.67. The fourth-order valence-corrected chi connectivity index (χ4v) is 4.55. The van der Waals surface area contributed by atoms with Gasteiger partial charge in [-0.05, 0) is 13.3 Å². The van der Waals surface area contributed by atoms with Crippen molar-refractivity contribution < 1.29 is 19.4 Å². The maximum Gasteiger partial charge on any atom is 0.243 e. The molecule has 0 bridgehead atoms. The summed E-state index contributed by atoms with van der Waals surface area (Å²) in [6, 6.07) is -0.411. The smallest absolute Gasteiger partial charge is 0.243 e. The highest BCUT2D eigenvalue weighted by molar-refractivity contribution is 8.01. The number of carbonyl (C=O) groups excluding carboxylic acids is 2. The van der Waals surface area contributed by atoms with Crippen molar-refractivity contribution in [2.24, 2.45) is 0 Å².